The Bertz CT molecular complexity index is 685. The minimum Gasteiger partial charge on any atom is -0.359 e. The van der Waals surface area contributed by atoms with E-state index in [-0.39, 0.29) is 0 Å². The van der Waals surface area contributed by atoms with Gasteiger partial charge in [0.15, 0.2) is 5.11 Å². The van der Waals surface area contributed by atoms with Gasteiger partial charge < -0.3 is 9.88 Å². The maximum Gasteiger partial charge on any atom is 0.187 e. The van der Waals surface area contributed by atoms with E-state index in [1.54, 1.807) is 12.5 Å². The third-order valence-corrected chi connectivity index (χ3v) is 4.56. The van der Waals surface area contributed by atoms with Gasteiger partial charge in [0.05, 0.1) is 12.0 Å². The minimum atomic E-state index is 0.490. The molecule has 0 atom stereocenters. The van der Waals surface area contributed by atoms with Crippen LogP contribution in [0.3, 0.4) is 0 Å². The van der Waals surface area contributed by atoms with E-state index in [0.29, 0.717) is 11.2 Å². The average Bonchev–Trinajstić information content (AvgIpc) is 3.15. The zero-order chi connectivity index (χ0) is 16.8. The highest BCUT2D eigenvalue weighted by Crippen LogP contribution is 2.17. The molecule has 1 heterocycles. The lowest BCUT2D eigenvalue weighted by Crippen LogP contribution is -2.41. The second kappa shape index (κ2) is 8.06. The molecule has 2 N–H and O–H groups in total. The standard InChI is InChI=1S/C18H23N5S/c1-14(21-22-18(24)20-16-5-3-2-4-6-16)15-7-9-17(10-8-15)23-12-11-19-13-23/h7-13,16H,2-6H2,1H3,(H2,20,22,24)/b21-14-. The van der Waals surface area contributed by atoms with E-state index in [4.69, 9.17) is 12.2 Å². The number of hydrogen-bond donors (Lipinski definition) is 2. The molecule has 0 bridgehead atoms. The summed E-state index contributed by atoms with van der Waals surface area (Å²) in [7, 11) is 0. The molecule has 1 saturated carbocycles. The van der Waals surface area contributed by atoms with Crippen LogP contribution in [-0.2, 0) is 0 Å². The normalized spacial score (nSPS) is 16.0. The predicted molar refractivity (Wildman–Crippen MR) is 102 cm³/mol. The summed E-state index contributed by atoms with van der Waals surface area (Å²) >= 11 is 5.34. The van der Waals surface area contributed by atoms with Crippen LogP contribution in [0.1, 0.15) is 44.6 Å². The number of hydrogen-bond acceptors (Lipinski definition) is 3. The van der Waals surface area contributed by atoms with Gasteiger partial charge in [0.2, 0.25) is 0 Å². The molecular formula is C18H23N5S. The van der Waals surface area contributed by atoms with Crippen molar-refractivity contribution < 1.29 is 0 Å². The second-order valence-corrected chi connectivity index (χ2v) is 6.54. The van der Waals surface area contributed by atoms with Crippen LogP contribution >= 0.6 is 12.2 Å². The van der Waals surface area contributed by atoms with Crippen molar-refractivity contribution in [3.05, 3.63) is 48.5 Å². The van der Waals surface area contributed by atoms with Crippen LogP contribution in [0.5, 0.6) is 0 Å². The lowest BCUT2D eigenvalue weighted by molar-refractivity contribution is 0.412. The number of aromatic nitrogens is 2. The molecule has 0 saturated heterocycles. The fourth-order valence-electron chi connectivity index (χ4n) is 2.95. The van der Waals surface area contributed by atoms with Gasteiger partial charge in [0, 0.05) is 24.1 Å². The smallest absolute Gasteiger partial charge is 0.187 e. The van der Waals surface area contributed by atoms with Crippen molar-refractivity contribution in [1.82, 2.24) is 20.3 Å². The summed E-state index contributed by atoms with van der Waals surface area (Å²) in [5.74, 6) is 0. The summed E-state index contributed by atoms with van der Waals surface area (Å²) < 4.78 is 1.97. The Morgan fingerprint density at radius 3 is 2.62 bits per heavy atom. The molecule has 6 heteroatoms. The Hall–Kier alpha value is -2.21. The lowest BCUT2D eigenvalue weighted by Gasteiger charge is -2.23. The van der Waals surface area contributed by atoms with Crippen molar-refractivity contribution >= 4 is 23.0 Å². The number of thiocarbonyl (C=S) groups is 1. The number of nitrogens with zero attached hydrogens (tertiary/aromatic N) is 3. The van der Waals surface area contributed by atoms with E-state index >= 15 is 0 Å². The summed E-state index contributed by atoms with van der Waals surface area (Å²) in [6.45, 7) is 1.97. The molecular weight excluding hydrogens is 318 g/mol. The van der Waals surface area contributed by atoms with E-state index in [2.05, 4.69) is 33.0 Å². The van der Waals surface area contributed by atoms with E-state index < -0.39 is 0 Å². The summed E-state index contributed by atoms with van der Waals surface area (Å²) in [5, 5.41) is 8.36. The van der Waals surface area contributed by atoms with E-state index in [0.717, 1.165) is 17.0 Å². The molecule has 1 aromatic carbocycles. The first-order chi connectivity index (χ1) is 11.7. The highest BCUT2D eigenvalue weighted by atomic mass is 32.1. The van der Waals surface area contributed by atoms with Crippen molar-refractivity contribution in [1.29, 1.82) is 0 Å². The third kappa shape index (κ3) is 4.41. The molecule has 0 amide bonds. The first-order valence-corrected chi connectivity index (χ1v) is 8.83. The van der Waals surface area contributed by atoms with Crippen LogP contribution in [0.2, 0.25) is 0 Å². The monoisotopic (exact) mass is 341 g/mol. The zero-order valence-electron chi connectivity index (χ0n) is 13.9. The Morgan fingerprint density at radius 2 is 1.96 bits per heavy atom. The van der Waals surface area contributed by atoms with Gasteiger partial charge in [-0.2, -0.15) is 5.10 Å². The molecule has 0 radical (unpaired) electrons. The van der Waals surface area contributed by atoms with Crippen molar-refractivity contribution in [2.75, 3.05) is 0 Å². The van der Waals surface area contributed by atoms with E-state index in [1.807, 2.05) is 29.8 Å². The highest BCUT2D eigenvalue weighted by molar-refractivity contribution is 7.80. The van der Waals surface area contributed by atoms with Gasteiger partial charge in [-0.3, -0.25) is 5.43 Å². The zero-order valence-corrected chi connectivity index (χ0v) is 14.7. The summed E-state index contributed by atoms with van der Waals surface area (Å²) in [6.07, 6.45) is 11.8. The molecule has 3 rings (SSSR count). The van der Waals surface area contributed by atoms with Gasteiger partial charge in [0.1, 0.15) is 0 Å². The SMILES string of the molecule is C/C(=N/NC(=S)NC1CCCCC1)c1ccc(-n2ccnc2)cc1. The maximum absolute atomic E-state index is 5.34. The maximum atomic E-state index is 5.34. The first kappa shape index (κ1) is 16.6. The summed E-state index contributed by atoms with van der Waals surface area (Å²) in [4.78, 5) is 4.06. The molecule has 1 aliphatic carbocycles. The van der Waals surface area contributed by atoms with Gasteiger partial charge in [-0.1, -0.05) is 31.4 Å². The molecule has 2 aromatic rings. The third-order valence-electron chi connectivity index (χ3n) is 4.35. The largest absolute Gasteiger partial charge is 0.359 e. The van der Waals surface area contributed by atoms with Crippen LogP contribution in [0.4, 0.5) is 0 Å². The van der Waals surface area contributed by atoms with Crippen LogP contribution in [-0.4, -0.2) is 26.4 Å². The van der Waals surface area contributed by atoms with Crippen molar-refractivity contribution in [2.24, 2.45) is 5.10 Å². The first-order valence-electron chi connectivity index (χ1n) is 8.42. The van der Waals surface area contributed by atoms with Crippen LogP contribution in [0.15, 0.2) is 48.1 Å². The predicted octanol–water partition coefficient (Wildman–Crippen LogP) is 3.39. The fourth-order valence-corrected chi connectivity index (χ4v) is 3.16. The summed E-state index contributed by atoms with van der Waals surface area (Å²) in [5.41, 5.74) is 6.00. The number of benzene rings is 1. The van der Waals surface area contributed by atoms with Crippen LogP contribution in [0.25, 0.3) is 5.69 Å². The summed E-state index contributed by atoms with van der Waals surface area (Å²) in [6, 6.07) is 8.69. The number of imidazole rings is 1. The highest BCUT2D eigenvalue weighted by Gasteiger charge is 2.13. The molecule has 0 unspecified atom stereocenters. The topological polar surface area (TPSA) is 54.2 Å². The molecule has 24 heavy (non-hydrogen) atoms. The molecule has 0 spiro atoms. The number of nitrogens with one attached hydrogen (secondary N) is 2. The van der Waals surface area contributed by atoms with E-state index in [1.165, 1.54) is 32.1 Å². The van der Waals surface area contributed by atoms with Crippen LogP contribution < -0.4 is 10.7 Å². The Kier molecular flexibility index (Phi) is 5.59. The quantitative estimate of drug-likeness (QED) is 0.508. The Balaban J connectivity index is 1.55. The lowest BCUT2D eigenvalue weighted by atomic mass is 9.96. The minimum absolute atomic E-state index is 0.490. The van der Waals surface area contributed by atoms with Gasteiger partial charge in [-0.15, -0.1) is 0 Å². The molecule has 1 aliphatic rings. The average molecular weight is 341 g/mol. The fraction of sp³-hybridized carbons (Fsp3) is 0.389. The van der Waals surface area contributed by atoms with Crippen LogP contribution in [0, 0.1) is 0 Å². The number of rotatable bonds is 4. The van der Waals surface area contributed by atoms with E-state index in [9.17, 15) is 0 Å². The Morgan fingerprint density at radius 1 is 1.21 bits per heavy atom. The van der Waals surface area contributed by atoms with Crippen molar-refractivity contribution in [3.63, 3.8) is 0 Å². The molecule has 0 aliphatic heterocycles. The van der Waals surface area contributed by atoms with Gasteiger partial charge in [-0.25, -0.2) is 4.98 Å². The Labute approximate surface area is 148 Å². The van der Waals surface area contributed by atoms with Gasteiger partial charge in [0.25, 0.3) is 0 Å². The molecule has 1 aromatic heterocycles. The molecule has 1 fully saturated rings. The van der Waals surface area contributed by atoms with Gasteiger partial charge in [-0.05, 0) is 49.7 Å². The van der Waals surface area contributed by atoms with Crippen molar-refractivity contribution in [2.45, 2.75) is 45.1 Å². The molecule has 5 nitrogen and oxygen atoms in total. The number of hydrazone groups is 1. The van der Waals surface area contributed by atoms with Gasteiger partial charge >= 0.3 is 0 Å². The second-order valence-electron chi connectivity index (χ2n) is 6.13. The molecule has 126 valence electrons. The van der Waals surface area contributed by atoms with Crippen molar-refractivity contribution in [3.8, 4) is 5.69 Å².